The molecular weight excluding hydrogens is 462 g/mol. The van der Waals surface area contributed by atoms with Gasteiger partial charge in [-0.25, -0.2) is 9.50 Å². The van der Waals surface area contributed by atoms with Crippen LogP contribution in [0.15, 0.2) is 78.7 Å². The van der Waals surface area contributed by atoms with E-state index in [1.807, 2.05) is 67.0 Å². The van der Waals surface area contributed by atoms with Crippen molar-refractivity contribution in [3.63, 3.8) is 0 Å². The zero-order chi connectivity index (χ0) is 25.5. The molecule has 0 saturated heterocycles. The first kappa shape index (κ1) is 23.9. The van der Waals surface area contributed by atoms with Crippen molar-refractivity contribution >= 4 is 17.5 Å². The molecule has 0 saturated carbocycles. The average molecular weight is 490 g/mol. The Balaban J connectivity index is 1.28. The predicted octanol–water partition coefficient (Wildman–Crippen LogP) is 3.29. The van der Waals surface area contributed by atoms with E-state index in [0.717, 1.165) is 57.8 Å². The van der Waals surface area contributed by atoms with Crippen LogP contribution in [0.2, 0.25) is 0 Å². The van der Waals surface area contributed by atoms with E-state index in [1.165, 1.54) is 0 Å². The molecule has 9 nitrogen and oxygen atoms in total. The number of rotatable bonds is 8. The standard InChI is InChI=1S/C28H27N9/c1-29-15-24-17-35-37-20-23(25-18-34-36(2)19-25)14-26(28(24)37)22-5-6-27(33-16-22)32-13-12-30-9-3-4-21-7-10-31-11-8-21/h5-8,10-11,14-20,30H,9,12-13H2,1-2H3,(H,32,33). The largest absolute Gasteiger partial charge is 0.369 e. The summed E-state index contributed by atoms with van der Waals surface area (Å²) in [6.45, 7) is 2.13. The van der Waals surface area contributed by atoms with Crippen molar-refractivity contribution in [1.29, 1.82) is 0 Å². The molecule has 5 heterocycles. The molecule has 0 aromatic carbocycles. The highest BCUT2D eigenvalue weighted by molar-refractivity contribution is 5.97. The van der Waals surface area contributed by atoms with Gasteiger partial charge >= 0.3 is 0 Å². The minimum Gasteiger partial charge on any atom is -0.369 e. The van der Waals surface area contributed by atoms with Crippen LogP contribution in [0.5, 0.6) is 0 Å². The monoisotopic (exact) mass is 489 g/mol. The van der Waals surface area contributed by atoms with Crippen molar-refractivity contribution in [3.8, 4) is 34.1 Å². The molecule has 2 N–H and O–H groups in total. The zero-order valence-electron chi connectivity index (χ0n) is 20.8. The summed E-state index contributed by atoms with van der Waals surface area (Å²) in [6, 6.07) is 10.0. The summed E-state index contributed by atoms with van der Waals surface area (Å²) >= 11 is 0. The lowest BCUT2D eigenvalue weighted by molar-refractivity contribution is 0.768. The smallest absolute Gasteiger partial charge is 0.125 e. The first-order valence-corrected chi connectivity index (χ1v) is 11.9. The highest BCUT2D eigenvalue weighted by Crippen LogP contribution is 2.31. The van der Waals surface area contributed by atoms with Crippen LogP contribution < -0.4 is 10.6 Å². The molecular formula is C28H27N9. The molecule has 0 spiro atoms. The van der Waals surface area contributed by atoms with Crippen molar-refractivity contribution in [2.45, 2.75) is 0 Å². The number of fused-ring (bicyclic) bond motifs is 1. The fourth-order valence-electron chi connectivity index (χ4n) is 4.00. The number of anilines is 1. The van der Waals surface area contributed by atoms with Gasteiger partial charge in [0.2, 0.25) is 0 Å². The van der Waals surface area contributed by atoms with Crippen LogP contribution in [0.25, 0.3) is 27.8 Å². The van der Waals surface area contributed by atoms with Crippen LogP contribution >= 0.6 is 0 Å². The van der Waals surface area contributed by atoms with E-state index in [2.05, 4.69) is 59.8 Å². The second kappa shape index (κ2) is 11.3. The Hall–Kier alpha value is -4.81. The van der Waals surface area contributed by atoms with Crippen molar-refractivity contribution in [3.05, 3.63) is 84.8 Å². The maximum atomic E-state index is 4.65. The second-order valence-electron chi connectivity index (χ2n) is 8.40. The highest BCUT2D eigenvalue weighted by Gasteiger charge is 2.14. The van der Waals surface area contributed by atoms with Gasteiger partial charge in [0.15, 0.2) is 0 Å². The lowest BCUT2D eigenvalue weighted by Crippen LogP contribution is -2.22. The number of hydrogen-bond acceptors (Lipinski definition) is 7. The lowest BCUT2D eigenvalue weighted by atomic mass is 10.0. The van der Waals surface area contributed by atoms with Crippen LogP contribution in [0.4, 0.5) is 5.82 Å². The Morgan fingerprint density at radius 3 is 2.62 bits per heavy atom. The SMILES string of the molecule is CN=Cc1cnn2cc(-c3cnn(C)c3)cc(-c3ccc(NCCNCC#Cc4ccncc4)nc3)c12. The van der Waals surface area contributed by atoms with E-state index in [-0.39, 0.29) is 0 Å². The Labute approximate surface area is 215 Å². The number of pyridine rings is 3. The Bertz CT molecular complexity index is 1570. The Morgan fingerprint density at radius 1 is 0.973 bits per heavy atom. The molecule has 5 rings (SSSR count). The zero-order valence-corrected chi connectivity index (χ0v) is 20.8. The molecule has 0 radical (unpaired) electrons. The summed E-state index contributed by atoms with van der Waals surface area (Å²) in [5, 5.41) is 15.6. The van der Waals surface area contributed by atoms with Crippen LogP contribution in [-0.4, -0.2) is 62.3 Å². The summed E-state index contributed by atoms with van der Waals surface area (Å²) in [4.78, 5) is 12.8. The number of aromatic nitrogens is 6. The molecule has 0 atom stereocenters. The predicted molar refractivity (Wildman–Crippen MR) is 147 cm³/mol. The minimum absolute atomic E-state index is 0.619. The lowest BCUT2D eigenvalue weighted by Gasteiger charge is -2.10. The molecule has 37 heavy (non-hydrogen) atoms. The molecule has 184 valence electrons. The topological polar surface area (TPSA) is 97.3 Å². The molecule has 5 aromatic heterocycles. The van der Waals surface area contributed by atoms with Gasteiger partial charge in [-0.2, -0.15) is 10.2 Å². The molecule has 0 aliphatic rings. The first-order valence-electron chi connectivity index (χ1n) is 11.9. The van der Waals surface area contributed by atoms with Gasteiger partial charge in [0, 0.05) is 97.8 Å². The van der Waals surface area contributed by atoms with Gasteiger partial charge in [-0.15, -0.1) is 0 Å². The maximum Gasteiger partial charge on any atom is 0.125 e. The fraction of sp³-hybridized carbons (Fsp3) is 0.179. The van der Waals surface area contributed by atoms with Gasteiger partial charge in [-0.05, 0) is 30.3 Å². The van der Waals surface area contributed by atoms with Gasteiger partial charge in [0.05, 0.1) is 24.5 Å². The van der Waals surface area contributed by atoms with Crippen molar-refractivity contribution in [2.75, 3.05) is 32.0 Å². The van der Waals surface area contributed by atoms with Gasteiger partial charge < -0.3 is 10.6 Å². The summed E-state index contributed by atoms with van der Waals surface area (Å²) in [5.74, 6) is 7.04. The van der Waals surface area contributed by atoms with Crippen LogP contribution in [0.3, 0.4) is 0 Å². The molecule has 9 heteroatoms. The molecule has 0 amide bonds. The van der Waals surface area contributed by atoms with Crippen LogP contribution in [0, 0.1) is 11.8 Å². The average Bonchev–Trinajstić information content (AvgIpc) is 3.55. The minimum atomic E-state index is 0.619. The van der Waals surface area contributed by atoms with Crippen molar-refractivity contribution in [1.82, 2.24) is 34.7 Å². The quantitative estimate of drug-likeness (QED) is 0.197. The van der Waals surface area contributed by atoms with Crippen molar-refractivity contribution < 1.29 is 0 Å². The van der Waals surface area contributed by atoms with E-state index in [0.29, 0.717) is 6.54 Å². The molecule has 0 aliphatic heterocycles. The Kier molecular flexibility index (Phi) is 7.29. The van der Waals surface area contributed by atoms with E-state index < -0.39 is 0 Å². The van der Waals surface area contributed by atoms with E-state index >= 15 is 0 Å². The Morgan fingerprint density at radius 2 is 1.86 bits per heavy atom. The number of aliphatic imine (C=N–C) groups is 1. The van der Waals surface area contributed by atoms with E-state index in [9.17, 15) is 0 Å². The van der Waals surface area contributed by atoms with Gasteiger partial charge in [0.1, 0.15) is 5.82 Å². The summed E-state index contributed by atoms with van der Waals surface area (Å²) in [6.07, 6.45) is 14.9. The molecule has 0 fully saturated rings. The highest BCUT2D eigenvalue weighted by atomic mass is 15.2. The number of aryl methyl sites for hydroxylation is 1. The van der Waals surface area contributed by atoms with E-state index in [4.69, 9.17) is 0 Å². The third-order valence-electron chi connectivity index (χ3n) is 5.76. The number of nitrogens with one attached hydrogen (secondary N) is 2. The molecule has 0 bridgehead atoms. The maximum absolute atomic E-state index is 4.65. The van der Waals surface area contributed by atoms with E-state index in [1.54, 1.807) is 24.1 Å². The molecule has 0 aliphatic carbocycles. The third kappa shape index (κ3) is 5.72. The fourth-order valence-corrected chi connectivity index (χ4v) is 4.00. The number of hydrogen-bond donors (Lipinski definition) is 2. The van der Waals surface area contributed by atoms with Crippen LogP contribution in [0.1, 0.15) is 11.1 Å². The molecule has 0 unspecified atom stereocenters. The summed E-state index contributed by atoms with van der Waals surface area (Å²) in [7, 11) is 3.67. The van der Waals surface area contributed by atoms with Crippen molar-refractivity contribution in [2.24, 2.45) is 12.0 Å². The van der Waals surface area contributed by atoms with Crippen LogP contribution in [-0.2, 0) is 7.05 Å². The number of nitrogens with zero attached hydrogens (tertiary/aromatic N) is 7. The summed E-state index contributed by atoms with van der Waals surface area (Å²) in [5.41, 5.74) is 6.98. The third-order valence-corrected chi connectivity index (χ3v) is 5.76. The molecule has 5 aromatic rings. The second-order valence-corrected chi connectivity index (χ2v) is 8.40. The van der Waals surface area contributed by atoms with Gasteiger partial charge in [0.25, 0.3) is 0 Å². The van der Waals surface area contributed by atoms with Gasteiger partial charge in [-0.3, -0.25) is 14.7 Å². The van der Waals surface area contributed by atoms with Gasteiger partial charge in [-0.1, -0.05) is 11.8 Å². The summed E-state index contributed by atoms with van der Waals surface area (Å²) < 4.78 is 3.69. The first-order chi connectivity index (χ1) is 18.2. The normalized spacial score (nSPS) is 11.1.